The van der Waals surface area contributed by atoms with Crippen molar-refractivity contribution in [1.29, 1.82) is 0 Å². The Morgan fingerprint density at radius 1 is 0.857 bits per heavy atom. The summed E-state index contributed by atoms with van der Waals surface area (Å²) < 4.78 is 11.9. The lowest BCUT2D eigenvalue weighted by Crippen LogP contribution is -2.41. The fourth-order valence-electron chi connectivity index (χ4n) is 2.55. The maximum atomic E-state index is 10.4. The van der Waals surface area contributed by atoms with Gasteiger partial charge < -0.3 is 14.4 Å². The Kier molecular flexibility index (Phi) is 7.21. The van der Waals surface area contributed by atoms with Gasteiger partial charge in [-0.3, -0.25) is 4.79 Å². The van der Waals surface area contributed by atoms with Crippen LogP contribution in [-0.4, -0.2) is 29.4 Å². The average Bonchev–Trinajstić information content (AvgIpc) is 2.55. The molecule has 1 aliphatic rings. The number of aliphatic carboxylic acids is 1. The summed E-state index contributed by atoms with van der Waals surface area (Å²) in [6.45, 7) is 8.35. The van der Waals surface area contributed by atoms with Crippen molar-refractivity contribution in [3.63, 3.8) is 0 Å². The van der Waals surface area contributed by atoms with Crippen molar-refractivity contribution in [3.05, 3.63) is 0 Å². The van der Waals surface area contributed by atoms with Gasteiger partial charge in [0, 0.05) is 6.42 Å². The molecule has 1 aliphatic heterocycles. The maximum Gasteiger partial charge on any atom is 0.457 e. The van der Waals surface area contributed by atoms with Crippen molar-refractivity contribution in [2.75, 3.05) is 0 Å². The first kappa shape index (κ1) is 18.5. The van der Waals surface area contributed by atoms with Crippen LogP contribution in [0.2, 0.25) is 6.32 Å². The minimum atomic E-state index is -0.683. The van der Waals surface area contributed by atoms with Gasteiger partial charge in [-0.1, -0.05) is 38.5 Å². The van der Waals surface area contributed by atoms with E-state index in [1.807, 2.05) is 0 Å². The zero-order valence-corrected chi connectivity index (χ0v) is 14.1. The third-order valence-electron chi connectivity index (χ3n) is 4.63. The molecule has 4 nitrogen and oxygen atoms in total. The lowest BCUT2D eigenvalue weighted by atomic mass is 9.82. The summed E-state index contributed by atoms with van der Waals surface area (Å²) in [5, 5.41) is 8.54. The molecule has 0 aromatic carbocycles. The molecule has 0 radical (unpaired) electrons. The molecule has 0 amide bonds. The van der Waals surface area contributed by atoms with Crippen molar-refractivity contribution in [3.8, 4) is 0 Å². The van der Waals surface area contributed by atoms with E-state index in [0.29, 0.717) is 6.42 Å². The molecule has 21 heavy (non-hydrogen) atoms. The van der Waals surface area contributed by atoms with Gasteiger partial charge in [0.05, 0.1) is 11.2 Å². The highest BCUT2D eigenvalue weighted by molar-refractivity contribution is 6.45. The molecule has 0 aromatic rings. The first-order valence-electron chi connectivity index (χ1n) is 8.32. The highest BCUT2D eigenvalue weighted by Crippen LogP contribution is 2.38. The van der Waals surface area contributed by atoms with Crippen LogP contribution in [0.15, 0.2) is 0 Å². The quantitative estimate of drug-likeness (QED) is 0.483. The minimum absolute atomic E-state index is 0.0643. The van der Waals surface area contributed by atoms with Crippen molar-refractivity contribution in [2.45, 2.75) is 96.6 Å². The zero-order valence-electron chi connectivity index (χ0n) is 14.1. The van der Waals surface area contributed by atoms with Crippen LogP contribution in [0, 0.1) is 0 Å². The predicted octanol–water partition coefficient (Wildman–Crippen LogP) is 4.28. The summed E-state index contributed by atoms with van der Waals surface area (Å²) in [6.07, 6.45) is 8.99. The van der Waals surface area contributed by atoms with Crippen LogP contribution in [-0.2, 0) is 14.1 Å². The Hall–Kier alpha value is -0.545. The fraction of sp³-hybridized carbons (Fsp3) is 0.938. The van der Waals surface area contributed by atoms with Crippen molar-refractivity contribution in [1.82, 2.24) is 0 Å². The molecule has 0 saturated carbocycles. The number of rotatable bonds is 10. The molecule has 1 fully saturated rings. The molecular weight excluding hydrogens is 267 g/mol. The van der Waals surface area contributed by atoms with E-state index in [9.17, 15) is 4.79 Å². The van der Waals surface area contributed by atoms with Crippen LogP contribution >= 0.6 is 0 Å². The molecule has 1 heterocycles. The Morgan fingerprint density at radius 3 is 1.76 bits per heavy atom. The first-order chi connectivity index (χ1) is 9.74. The van der Waals surface area contributed by atoms with Crippen LogP contribution in [0.3, 0.4) is 0 Å². The summed E-state index contributed by atoms with van der Waals surface area (Å²) in [4.78, 5) is 10.4. The lowest BCUT2D eigenvalue weighted by Gasteiger charge is -2.32. The largest absolute Gasteiger partial charge is 0.481 e. The normalized spacial score (nSPS) is 19.9. The van der Waals surface area contributed by atoms with E-state index in [2.05, 4.69) is 27.7 Å². The standard InChI is InChI=1S/C16H31BO4/c1-15(2)16(3,4)21-17(20-15)13-11-9-7-5-6-8-10-12-14(18)19/h5-13H2,1-4H3,(H,18,19). The van der Waals surface area contributed by atoms with Gasteiger partial charge in [0.15, 0.2) is 0 Å². The summed E-state index contributed by atoms with van der Waals surface area (Å²) >= 11 is 0. The molecule has 0 aliphatic carbocycles. The maximum absolute atomic E-state index is 10.4. The summed E-state index contributed by atoms with van der Waals surface area (Å²) in [5.74, 6) is -0.683. The van der Waals surface area contributed by atoms with E-state index < -0.39 is 5.97 Å². The van der Waals surface area contributed by atoms with Gasteiger partial charge in [0.1, 0.15) is 0 Å². The molecule has 122 valence electrons. The number of carboxylic acid groups (broad SMARTS) is 1. The van der Waals surface area contributed by atoms with Crippen molar-refractivity contribution < 1.29 is 19.2 Å². The van der Waals surface area contributed by atoms with Crippen LogP contribution in [0.25, 0.3) is 0 Å². The summed E-state index contributed by atoms with van der Waals surface area (Å²) in [5.41, 5.74) is -0.441. The SMILES string of the molecule is CC1(C)OB(CCCCCCCCCC(=O)O)OC1(C)C. The monoisotopic (exact) mass is 298 g/mol. The Labute approximate surface area is 129 Å². The summed E-state index contributed by atoms with van der Waals surface area (Å²) in [7, 11) is -0.0643. The van der Waals surface area contributed by atoms with Crippen molar-refractivity contribution >= 4 is 13.1 Å². The van der Waals surface area contributed by atoms with Crippen LogP contribution < -0.4 is 0 Å². The number of carbonyl (C=O) groups is 1. The average molecular weight is 298 g/mol. The van der Waals surface area contributed by atoms with E-state index in [-0.39, 0.29) is 18.3 Å². The van der Waals surface area contributed by atoms with Gasteiger partial charge in [-0.25, -0.2) is 0 Å². The van der Waals surface area contributed by atoms with E-state index in [1.165, 1.54) is 19.3 Å². The van der Waals surface area contributed by atoms with E-state index >= 15 is 0 Å². The first-order valence-corrected chi connectivity index (χ1v) is 8.32. The lowest BCUT2D eigenvalue weighted by molar-refractivity contribution is -0.137. The molecular formula is C16H31BO4. The second kappa shape index (κ2) is 8.18. The van der Waals surface area contributed by atoms with Crippen LogP contribution in [0.5, 0.6) is 0 Å². The number of unbranched alkanes of at least 4 members (excludes halogenated alkanes) is 6. The Bertz CT molecular complexity index is 312. The highest BCUT2D eigenvalue weighted by atomic mass is 16.7. The second-order valence-electron chi connectivity index (χ2n) is 7.09. The van der Waals surface area contributed by atoms with Crippen molar-refractivity contribution in [2.24, 2.45) is 0 Å². The third-order valence-corrected chi connectivity index (χ3v) is 4.63. The molecule has 0 spiro atoms. The van der Waals surface area contributed by atoms with Gasteiger partial charge >= 0.3 is 13.1 Å². The van der Waals surface area contributed by atoms with E-state index in [1.54, 1.807) is 0 Å². The zero-order chi connectivity index (χ0) is 15.9. The second-order valence-corrected chi connectivity index (χ2v) is 7.09. The molecule has 0 atom stereocenters. The smallest absolute Gasteiger partial charge is 0.457 e. The fourth-order valence-corrected chi connectivity index (χ4v) is 2.55. The molecule has 1 saturated heterocycles. The number of hydrogen-bond acceptors (Lipinski definition) is 3. The van der Waals surface area contributed by atoms with Gasteiger partial charge in [0.2, 0.25) is 0 Å². The van der Waals surface area contributed by atoms with Gasteiger partial charge in [-0.05, 0) is 40.4 Å². The van der Waals surface area contributed by atoms with E-state index in [4.69, 9.17) is 14.4 Å². The predicted molar refractivity (Wildman–Crippen MR) is 85.5 cm³/mol. The van der Waals surface area contributed by atoms with Gasteiger partial charge in [-0.2, -0.15) is 0 Å². The van der Waals surface area contributed by atoms with E-state index in [0.717, 1.165) is 32.0 Å². The molecule has 1 N–H and O–H groups in total. The third kappa shape index (κ3) is 6.39. The minimum Gasteiger partial charge on any atom is -0.481 e. The number of carboxylic acids is 1. The Morgan fingerprint density at radius 2 is 1.29 bits per heavy atom. The summed E-state index contributed by atoms with van der Waals surface area (Å²) in [6, 6.07) is 0. The van der Waals surface area contributed by atoms with Gasteiger partial charge in [0.25, 0.3) is 0 Å². The molecule has 5 heteroatoms. The molecule has 0 unspecified atom stereocenters. The van der Waals surface area contributed by atoms with Gasteiger partial charge in [-0.15, -0.1) is 0 Å². The molecule has 0 aromatic heterocycles. The number of hydrogen-bond donors (Lipinski definition) is 1. The topological polar surface area (TPSA) is 55.8 Å². The molecule has 1 rings (SSSR count). The Balaban J connectivity index is 1.97. The molecule has 0 bridgehead atoms. The highest BCUT2D eigenvalue weighted by Gasteiger charge is 2.50. The van der Waals surface area contributed by atoms with Crippen LogP contribution in [0.4, 0.5) is 0 Å². The van der Waals surface area contributed by atoms with Crippen LogP contribution in [0.1, 0.15) is 79.1 Å².